The lowest BCUT2D eigenvalue weighted by Crippen LogP contribution is -2.58. The van der Waals surface area contributed by atoms with Gasteiger partial charge in [-0.3, -0.25) is 24.2 Å². The molecule has 2 aromatic rings. The fraction of sp³-hybridized carbons (Fsp3) is 0.514. The number of thioether (sulfide) groups is 1. The summed E-state index contributed by atoms with van der Waals surface area (Å²) in [5.74, 6) is 0.200. The number of nitrogens with one attached hydrogen (secondary N) is 3. The predicted molar refractivity (Wildman–Crippen MR) is 192 cm³/mol. The number of nitrogens with zero attached hydrogens (tertiary/aromatic N) is 2. The minimum Gasteiger partial charge on any atom is -0.370 e. The van der Waals surface area contributed by atoms with Gasteiger partial charge in [-0.25, -0.2) is 0 Å². The van der Waals surface area contributed by atoms with Crippen LogP contribution in [0.1, 0.15) is 56.6 Å². The Labute approximate surface area is 288 Å². The Bertz CT molecular complexity index is 1320. The number of carbonyl (C=O) groups excluding carboxylic acids is 4. The average molecular weight is 681 g/mol. The van der Waals surface area contributed by atoms with Crippen LogP contribution in [-0.2, 0) is 32.0 Å². The van der Waals surface area contributed by atoms with Crippen LogP contribution in [0.3, 0.4) is 0 Å². The zero-order chi connectivity index (χ0) is 34.7. The Morgan fingerprint density at radius 2 is 1.35 bits per heavy atom. The van der Waals surface area contributed by atoms with Crippen molar-refractivity contribution in [2.24, 2.45) is 22.2 Å². The zero-order valence-corrected chi connectivity index (χ0v) is 28.8. The van der Waals surface area contributed by atoms with E-state index < -0.39 is 41.9 Å². The second kappa shape index (κ2) is 21.0. The van der Waals surface area contributed by atoms with Gasteiger partial charge < -0.3 is 38.1 Å². The van der Waals surface area contributed by atoms with E-state index in [4.69, 9.17) is 17.2 Å². The van der Waals surface area contributed by atoms with Crippen molar-refractivity contribution in [1.82, 2.24) is 20.9 Å². The number of carbonyl (C=O) groups is 4. The second-order valence-corrected chi connectivity index (χ2v) is 13.3. The molecule has 12 nitrogen and oxygen atoms in total. The van der Waals surface area contributed by atoms with Crippen molar-refractivity contribution in [3.05, 3.63) is 71.8 Å². The molecule has 4 atom stereocenters. The second-order valence-electron chi connectivity index (χ2n) is 12.1. The van der Waals surface area contributed by atoms with E-state index in [0.29, 0.717) is 51.7 Å². The topological polar surface area (TPSA) is 198 Å². The lowest BCUT2D eigenvalue weighted by Gasteiger charge is -2.29. The Balaban J connectivity index is 1.77. The first-order chi connectivity index (χ1) is 23.2. The van der Waals surface area contributed by atoms with Crippen molar-refractivity contribution in [2.75, 3.05) is 31.1 Å². The number of nitrogens with two attached hydrogens (primary N) is 3. The van der Waals surface area contributed by atoms with E-state index in [1.807, 2.05) is 67.6 Å². The lowest BCUT2D eigenvalue weighted by atomic mass is 10.0. The van der Waals surface area contributed by atoms with Crippen LogP contribution in [0, 0.1) is 0 Å². The summed E-state index contributed by atoms with van der Waals surface area (Å²) in [5, 5.41) is 8.67. The van der Waals surface area contributed by atoms with Crippen LogP contribution in [0.25, 0.3) is 0 Å². The third kappa shape index (κ3) is 13.6. The summed E-state index contributed by atoms with van der Waals surface area (Å²) in [7, 11) is 0. The monoisotopic (exact) mass is 680 g/mol. The molecule has 1 aliphatic rings. The number of hydrogen-bond donors (Lipinski definition) is 6. The standard InChI is InChI=1S/C35H52N8O4S/c1-2-3-16-28(32(45)41-29(17-10-18-39-35(37)38)34(47)43-19-11-21-48-22-20-43)40-33(46)30(24-26-14-8-5-9-15-26)42-31(44)27(36)23-25-12-6-4-7-13-25/h4-9,12-15,27-30H,2-3,10-11,16-24,36H2,1H3,(H,40,46)(H,41,45)(H,42,44)(H4,37,38,39)/t27-,28-,29-,30-/m1/s1. The Kier molecular flexibility index (Phi) is 16.8. The molecule has 0 spiro atoms. The van der Waals surface area contributed by atoms with Gasteiger partial charge in [0.2, 0.25) is 23.6 Å². The van der Waals surface area contributed by atoms with Gasteiger partial charge in [0.05, 0.1) is 6.04 Å². The summed E-state index contributed by atoms with van der Waals surface area (Å²) in [6, 6.07) is 15.2. The Morgan fingerprint density at radius 3 is 2.00 bits per heavy atom. The lowest BCUT2D eigenvalue weighted by molar-refractivity contribution is -0.137. The number of guanidine groups is 1. The van der Waals surface area contributed by atoms with Gasteiger partial charge in [-0.15, -0.1) is 0 Å². The number of hydrogen-bond acceptors (Lipinski definition) is 7. The predicted octanol–water partition coefficient (Wildman–Crippen LogP) is 1.46. The molecule has 0 saturated carbocycles. The molecule has 4 amide bonds. The quantitative estimate of drug-likeness (QED) is 0.0773. The molecule has 1 fully saturated rings. The number of rotatable bonds is 18. The molecular weight excluding hydrogens is 629 g/mol. The van der Waals surface area contributed by atoms with E-state index in [1.54, 1.807) is 16.7 Å². The van der Waals surface area contributed by atoms with Crippen LogP contribution < -0.4 is 33.2 Å². The molecule has 13 heteroatoms. The van der Waals surface area contributed by atoms with Crippen LogP contribution in [0.2, 0.25) is 0 Å². The van der Waals surface area contributed by atoms with Gasteiger partial charge in [-0.2, -0.15) is 11.8 Å². The van der Waals surface area contributed by atoms with Crippen LogP contribution in [0.4, 0.5) is 0 Å². The molecule has 2 aromatic carbocycles. The summed E-state index contributed by atoms with van der Waals surface area (Å²) in [4.78, 5) is 60.4. The maximum atomic E-state index is 13.9. The highest BCUT2D eigenvalue weighted by atomic mass is 32.2. The first-order valence-corrected chi connectivity index (χ1v) is 18.0. The van der Waals surface area contributed by atoms with Crippen molar-refractivity contribution in [2.45, 2.75) is 82.5 Å². The van der Waals surface area contributed by atoms with Gasteiger partial charge in [0.15, 0.2) is 5.96 Å². The molecule has 0 aromatic heterocycles. The maximum Gasteiger partial charge on any atom is 0.245 e. The molecule has 9 N–H and O–H groups in total. The highest BCUT2D eigenvalue weighted by Crippen LogP contribution is 2.14. The first kappa shape index (κ1) is 38.3. The van der Waals surface area contributed by atoms with E-state index in [-0.39, 0.29) is 18.3 Å². The molecule has 0 bridgehead atoms. The van der Waals surface area contributed by atoms with Gasteiger partial charge in [-0.05, 0) is 49.0 Å². The van der Waals surface area contributed by atoms with Gasteiger partial charge in [0.25, 0.3) is 0 Å². The molecule has 262 valence electrons. The SMILES string of the molecule is CCCC[C@@H](NC(=O)[C@@H](Cc1ccccc1)NC(=O)[C@H](N)Cc1ccccc1)C(=O)N[C@H](CCCN=C(N)N)C(=O)N1CCCSCC1. The van der Waals surface area contributed by atoms with Crippen LogP contribution in [0.15, 0.2) is 65.7 Å². The Hall–Kier alpha value is -4.10. The Morgan fingerprint density at radius 1 is 0.771 bits per heavy atom. The summed E-state index contributed by atoms with van der Waals surface area (Å²) in [6.45, 7) is 3.54. The molecule has 1 saturated heterocycles. The molecule has 3 rings (SSSR count). The van der Waals surface area contributed by atoms with Gasteiger partial charge >= 0.3 is 0 Å². The van der Waals surface area contributed by atoms with Crippen molar-refractivity contribution >= 4 is 41.4 Å². The van der Waals surface area contributed by atoms with Crippen LogP contribution in [0.5, 0.6) is 0 Å². The van der Waals surface area contributed by atoms with Crippen LogP contribution in [-0.4, -0.2) is 89.8 Å². The fourth-order valence-corrected chi connectivity index (χ4v) is 6.35. The molecule has 48 heavy (non-hydrogen) atoms. The first-order valence-electron chi connectivity index (χ1n) is 16.8. The molecule has 0 aliphatic carbocycles. The molecule has 0 radical (unpaired) electrons. The summed E-state index contributed by atoms with van der Waals surface area (Å²) < 4.78 is 0. The third-order valence-corrected chi connectivity index (χ3v) is 9.17. The summed E-state index contributed by atoms with van der Waals surface area (Å²) in [6.07, 6.45) is 4.04. The minimum atomic E-state index is -0.981. The minimum absolute atomic E-state index is 0.0352. The van der Waals surface area contributed by atoms with Crippen molar-refractivity contribution in [3.8, 4) is 0 Å². The maximum absolute atomic E-state index is 13.9. The van der Waals surface area contributed by atoms with E-state index >= 15 is 0 Å². The van der Waals surface area contributed by atoms with Crippen molar-refractivity contribution < 1.29 is 19.2 Å². The van der Waals surface area contributed by atoms with Crippen LogP contribution >= 0.6 is 11.8 Å². The molecular formula is C35H52N8O4S. The third-order valence-electron chi connectivity index (χ3n) is 8.12. The largest absolute Gasteiger partial charge is 0.370 e. The smallest absolute Gasteiger partial charge is 0.245 e. The van der Waals surface area contributed by atoms with Gasteiger partial charge in [0, 0.05) is 31.8 Å². The number of aliphatic imine (C=N–C) groups is 1. The average Bonchev–Trinajstić information content (AvgIpc) is 3.38. The van der Waals surface area contributed by atoms with E-state index in [0.717, 1.165) is 35.5 Å². The van der Waals surface area contributed by atoms with Gasteiger partial charge in [-0.1, -0.05) is 80.4 Å². The van der Waals surface area contributed by atoms with E-state index in [9.17, 15) is 19.2 Å². The highest BCUT2D eigenvalue weighted by molar-refractivity contribution is 7.99. The number of amides is 4. The van der Waals surface area contributed by atoms with Crippen molar-refractivity contribution in [3.63, 3.8) is 0 Å². The zero-order valence-electron chi connectivity index (χ0n) is 27.9. The number of benzene rings is 2. The highest BCUT2D eigenvalue weighted by Gasteiger charge is 2.32. The van der Waals surface area contributed by atoms with Crippen molar-refractivity contribution in [1.29, 1.82) is 0 Å². The summed E-state index contributed by atoms with van der Waals surface area (Å²) >= 11 is 1.81. The number of unbranched alkanes of at least 4 members (excludes halogenated alkanes) is 1. The molecule has 0 unspecified atom stereocenters. The van der Waals surface area contributed by atoms with E-state index in [2.05, 4.69) is 20.9 Å². The molecule has 1 heterocycles. The molecule has 1 aliphatic heterocycles. The fourth-order valence-electron chi connectivity index (χ4n) is 5.47. The van der Waals surface area contributed by atoms with E-state index in [1.165, 1.54) is 0 Å². The van der Waals surface area contributed by atoms with Gasteiger partial charge in [0.1, 0.15) is 18.1 Å². The summed E-state index contributed by atoms with van der Waals surface area (Å²) in [5.41, 5.74) is 19.0. The normalized spacial score (nSPS) is 15.6.